The van der Waals surface area contributed by atoms with E-state index in [0.29, 0.717) is 49.2 Å². The van der Waals surface area contributed by atoms with Crippen LogP contribution in [0.2, 0.25) is 0 Å². The van der Waals surface area contributed by atoms with Crippen LogP contribution in [0.25, 0.3) is 12.2 Å². The van der Waals surface area contributed by atoms with Crippen LogP contribution < -0.4 is 34.2 Å². The highest BCUT2D eigenvalue weighted by Gasteiger charge is 2.37. The Hall–Kier alpha value is -6.50. The number of carboxylic acids is 2. The highest BCUT2D eigenvalue weighted by Crippen LogP contribution is 2.53. The van der Waals surface area contributed by atoms with Crippen LogP contribution in [0.5, 0.6) is 46.0 Å². The summed E-state index contributed by atoms with van der Waals surface area (Å²) in [6.45, 7) is 10.3. The number of methoxy groups -OCH3 is 4. The number of likely N-dealkylation sites (N-methyl/N-ethyl adjacent to an activating group) is 2. The number of nitrogens with two attached hydrogens (primary N) is 1. The number of aliphatic carboxylic acids is 2. The molecule has 0 spiro atoms. The van der Waals surface area contributed by atoms with Crippen LogP contribution in [0.3, 0.4) is 0 Å². The van der Waals surface area contributed by atoms with Crippen LogP contribution in [0.4, 0.5) is 0 Å². The van der Waals surface area contributed by atoms with Gasteiger partial charge in [0, 0.05) is 60.3 Å². The van der Waals surface area contributed by atoms with E-state index < -0.39 is 24.4 Å². The third kappa shape index (κ3) is 13.8. The van der Waals surface area contributed by atoms with Gasteiger partial charge in [-0.2, -0.15) is 0 Å². The van der Waals surface area contributed by atoms with Gasteiger partial charge in [0.25, 0.3) is 0 Å². The Morgan fingerprint density at radius 1 is 0.652 bits per heavy atom. The largest absolute Gasteiger partial charge is 0.504 e. The topological polar surface area (TPSA) is 243 Å². The number of phenols is 2. The zero-order valence-corrected chi connectivity index (χ0v) is 41.2. The summed E-state index contributed by atoms with van der Waals surface area (Å²) in [5.41, 5.74) is 12.5. The van der Waals surface area contributed by atoms with Crippen LogP contribution in [0, 0.1) is 0 Å². The Morgan fingerprint density at radius 2 is 1.03 bits per heavy atom. The first kappa shape index (κ1) is 55.1. The average molecular weight is 960 g/mol. The standard InChI is InChI=1S/2C24H31NO5.C4H7NO4/c2*1-6-7-16-10-19-15(2)23(30-24(19)21(11-16)29-5)17-12-18(14-25(3)8-9-26)22(27)20(13-17)28-4;5-2(4(8)9)1-3(6)7/h2*6-7,10-13,15,23,26-27H,8-9,14H2,1-5H3;2H,1,5H2,(H,6,7)(H,8,9)/b2*7-6+;/t2*15-,23-;/m00./s1. The SMILES string of the molecule is C/C=C/c1cc(OC)c2c(c1)[C@H](C)[C@@H](c1cc(CN(C)CCO)c(O)c(OC)c1)O2.C/C=C/c1cc(OC)c2c(c1)[C@H](C)[C@@H](c1cc(CN(C)CCO)c(O)c(OC)c1)O2.NC(CC(=O)O)C(=O)O. The zero-order valence-electron chi connectivity index (χ0n) is 41.2. The van der Waals surface area contributed by atoms with Crippen molar-refractivity contribution in [1.29, 1.82) is 0 Å². The van der Waals surface area contributed by atoms with Crippen molar-refractivity contribution in [1.82, 2.24) is 9.80 Å². The number of hydrogen-bond donors (Lipinski definition) is 7. The van der Waals surface area contributed by atoms with Crippen LogP contribution in [-0.4, -0.2) is 127 Å². The van der Waals surface area contributed by atoms with Gasteiger partial charge in [-0.15, -0.1) is 0 Å². The molecule has 69 heavy (non-hydrogen) atoms. The van der Waals surface area contributed by atoms with Crippen molar-refractivity contribution in [3.05, 3.63) is 105 Å². The van der Waals surface area contributed by atoms with Crippen molar-refractivity contribution in [2.45, 2.75) is 77.3 Å². The molecule has 4 aromatic rings. The summed E-state index contributed by atoms with van der Waals surface area (Å²) in [6.07, 6.45) is 7.09. The van der Waals surface area contributed by atoms with Crippen LogP contribution >= 0.6 is 0 Å². The van der Waals surface area contributed by atoms with E-state index in [-0.39, 0.29) is 48.8 Å². The number of rotatable bonds is 19. The second kappa shape index (κ2) is 25.7. The molecule has 0 fully saturated rings. The number of carbonyl (C=O) groups is 2. The lowest BCUT2D eigenvalue weighted by atomic mass is 9.90. The summed E-state index contributed by atoms with van der Waals surface area (Å²) < 4.78 is 34.8. The number of aliphatic hydroxyl groups excluding tert-OH is 2. The van der Waals surface area contributed by atoms with Crippen LogP contribution in [0.1, 0.15) is 103 Å². The van der Waals surface area contributed by atoms with E-state index in [4.69, 9.17) is 44.4 Å². The Labute approximate surface area is 404 Å². The third-order valence-electron chi connectivity index (χ3n) is 11.8. The third-order valence-corrected chi connectivity index (χ3v) is 11.8. The number of carboxylic acid groups (broad SMARTS) is 2. The molecule has 0 bridgehead atoms. The molecule has 17 heteroatoms. The first-order valence-corrected chi connectivity index (χ1v) is 22.5. The normalized spacial score (nSPS) is 17.3. The number of ether oxygens (including phenoxy) is 6. The molecule has 2 aliphatic rings. The number of hydrogen-bond acceptors (Lipinski definition) is 15. The van der Waals surface area contributed by atoms with E-state index in [1.807, 2.05) is 98.4 Å². The second-order valence-electron chi connectivity index (χ2n) is 16.9. The van der Waals surface area contributed by atoms with E-state index in [2.05, 4.69) is 26.0 Å². The lowest BCUT2D eigenvalue weighted by Gasteiger charge is -2.21. The summed E-state index contributed by atoms with van der Waals surface area (Å²) in [7, 11) is 10.2. The molecule has 0 amide bonds. The summed E-state index contributed by atoms with van der Waals surface area (Å²) in [4.78, 5) is 23.5. The molecular weight excluding hydrogens is 891 g/mol. The molecule has 376 valence electrons. The molecule has 0 aliphatic carbocycles. The Morgan fingerprint density at radius 3 is 1.32 bits per heavy atom. The van der Waals surface area contributed by atoms with Gasteiger partial charge in [-0.3, -0.25) is 19.4 Å². The molecule has 17 nitrogen and oxygen atoms in total. The molecule has 0 radical (unpaired) electrons. The van der Waals surface area contributed by atoms with E-state index >= 15 is 0 Å². The summed E-state index contributed by atoms with van der Waals surface area (Å²) in [5, 5.41) is 55.6. The van der Waals surface area contributed by atoms with E-state index in [0.717, 1.165) is 56.0 Å². The van der Waals surface area contributed by atoms with Gasteiger partial charge in [0.1, 0.15) is 18.2 Å². The second-order valence-corrected chi connectivity index (χ2v) is 16.9. The summed E-state index contributed by atoms with van der Waals surface area (Å²) >= 11 is 0. The Bertz CT molecular complexity index is 2290. The molecule has 0 saturated heterocycles. The van der Waals surface area contributed by atoms with Gasteiger partial charge < -0.3 is 64.8 Å². The molecule has 2 aliphatic heterocycles. The van der Waals surface area contributed by atoms with Crippen LogP contribution in [-0.2, 0) is 22.7 Å². The monoisotopic (exact) mass is 959 g/mol. The minimum absolute atomic E-state index is 0.0561. The minimum atomic E-state index is -1.29. The molecule has 0 saturated carbocycles. The van der Waals surface area contributed by atoms with Crippen molar-refractivity contribution in [3.8, 4) is 46.0 Å². The van der Waals surface area contributed by atoms with Crippen molar-refractivity contribution in [2.75, 3.05) is 68.8 Å². The van der Waals surface area contributed by atoms with E-state index in [1.54, 1.807) is 28.4 Å². The number of benzene rings is 4. The van der Waals surface area contributed by atoms with Gasteiger partial charge in [0.05, 0.1) is 48.1 Å². The summed E-state index contributed by atoms with van der Waals surface area (Å²) in [5.74, 6) is 1.68. The number of allylic oxidation sites excluding steroid dienone is 2. The quantitative estimate of drug-likeness (QED) is 0.0496. The van der Waals surface area contributed by atoms with Gasteiger partial charge in [0.2, 0.25) is 0 Å². The highest BCUT2D eigenvalue weighted by molar-refractivity contribution is 5.80. The number of aromatic hydroxyl groups is 2. The van der Waals surface area contributed by atoms with Crippen molar-refractivity contribution < 1.29 is 68.6 Å². The average Bonchev–Trinajstić information content (AvgIpc) is 3.83. The smallest absolute Gasteiger partial charge is 0.321 e. The summed E-state index contributed by atoms with van der Waals surface area (Å²) in [6, 6.07) is 14.5. The number of nitrogens with zero attached hydrogens (tertiary/aromatic N) is 2. The molecule has 1 unspecified atom stereocenters. The molecule has 2 heterocycles. The van der Waals surface area contributed by atoms with E-state index in [9.17, 15) is 30.0 Å². The maximum atomic E-state index is 10.6. The number of fused-ring (bicyclic) bond motifs is 2. The maximum absolute atomic E-state index is 10.6. The molecule has 8 N–H and O–H groups in total. The molecular formula is C52H69N3O14. The van der Waals surface area contributed by atoms with Gasteiger partial charge in [-0.1, -0.05) is 38.2 Å². The first-order valence-electron chi connectivity index (χ1n) is 22.5. The predicted molar refractivity (Wildman–Crippen MR) is 263 cm³/mol. The predicted octanol–water partition coefficient (Wildman–Crippen LogP) is 7.08. The van der Waals surface area contributed by atoms with Gasteiger partial charge in [-0.25, -0.2) is 0 Å². The van der Waals surface area contributed by atoms with Crippen LogP contribution in [0.15, 0.2) is 60.7 Å². The zero-order chi connectivity index (χ0) is 51.1. The van der Waals surface area contributed by atoms with Crippen molar-refractivity contribution in [3.63, 3.8) is 0 Å². The molecule has 4 aromatic carbocycles. The molecule has 6 rings (SSSR count). The van der Waals surface area contributed by atoms with Crippen molar-refractivity contribution >= 4 is 24.1 Å². The van der Waals surface area contributed by atoms with Gasteiger partial charge in [0.15, 0.2) is 46.0 Å². The lowest BCUT2D eigenvalue weighted by Crippen LogP contribution is -2.32. The Balaban J connectivity index is 0.000000256. The fourth-order valence-corrected chi connectivity index (χ4v) is 8.21. The van der Waals surface area contributed by atoms with E-state index in [1.165, 1.54) is 0 Å². The number of aliphatic hydroxyl groups is 2. The van der Waals surface area contributed by atoms with Gasteiger partial charge >= 0.3 is 11.9 Å². The first-order chi connectivity index (χ1) is 32.9. The number of phenolic OH excluding ortho intramolecular Hbond substituents is 2. The maximum Gasteiger partial charge on any atom is 0.321 e. The van der Waals surface area contributed by atoms with Crippen molar-refractivity contribution in [2.24, 2.45) is 5.73 Å². The lowest BCUT2D eigenvalue weighted by molar-refractivity contribution is -0.144. The fraction of sp³-hybridized carbons (Fsp3) is 0.423. The molecule has 0 aromatic heterocycles. The molecule has 5 atom stereocenters. The minimum Gasteiger partial charge on any atom is -0.504 e. The fourth-order valence-electron chi connectivity index (χ4n) is 8.21. The van der Waals surface area contributed by atoms with Gasteiger partial charge in [-0.05, 0) is 98.7 Å². The Kier molecular flexibility index (Phi) is 20.6. The highest BCUT2D eigenvalue weighted by atomic mass is 16.5.